The van der Waals surface area contributed by atoms with Gasteiger partial charge in [0.1, 0.15) is 0 Å². The molecule has 108 valence electrons. The summed E-state index contributed by atoms with van der Waals surface area (Å²) in [6.45, 7) is 8.06. The van der Waals surface area contributed by atoms with Gasteiger partial charge in [0.2, 0.25) is 0 Å². The summed E-state index contributed by atoms with van der Waals surface area (Å²) >= 11 is 0. The lowest BCUT2D eigenvalue weighted by molar-refractivity contribution is 0.177. The Morgan fingerprint density at radius 3 is 2.47 bits per heavy atom. The van der Waals surface area contributed by atoms with Crippen LogP contribution in [0.1, 0.15) is 32.3 Å². The maximum Gasteiger partial charge on any atom is 0.00446 e. The van der Waals surface area contributed by atoms with Gasteiger partial charge in [-0.3, -0.25) is 0 Å². The highest BCUT2D eigenvalue weighted by Crippen LogP contribution is 2.23. The normalized spacial score (nSPS) is 14.6. The number of hydrogen-bond donors (Lipinski definition) is 1. The summed E-state index contributed by atoms with van der Waals surface area (Å²) < 4.78 is 0. The zero-order chi connectivity index (χ0) is 14.1. The monoisotopic (exact) mass is 262 g/mol. The van der Waals surface area contributed by atoms with Crippen molar-refractivity contribution in [2.75, 3.05) is 33.7 Å². The summed E-state index contributed by atoms with van der Waals surface area (Å²) in [5.41, 5.74) is 1.81. The maximum absolute atomic E-state index is 3.35. The van der Waals surface area contributed by atoms with Gasteiger partial charge in [0.15, 0.2) is 0 Å². The molecule has 0 aliphatic rings. The molecular formula is C17H30N2. The minimum atomic E-state index is 0.384. The highest BCUT2D eigenvalue weighted by molar-refractivity contribution is 5.14. The third kappa shape index (κ3) is 6.22. The fourth-order valence-electron chi connectivity index (χ4n) is 2.95. The molecule has 1 aromatic rings. The van der Waals surface area contributed by atoms with E-state index in [1.165, 1.54) is 18.4 Å². The Kier molecular flexibility index (Phi) is 7.11. The molecule has 0 aliphatic carbocycles. The Balaban J connectivity index is 2.42. The molecule has 1 atom stereocenters. The van der Waals surface area contributed by atoms with E-state index in [0.29, 0.717) is 5.41 Å². The molecule has 0 amide bonds. The lowest BCUT2D eigenvalue weighted by atomic mass is 9.85. The van der Waals surface area contributed by atoms with E-state index in [0.717, 1.165) is 26.1 Å². The van der Waals surface area contributed by atoms with Gasteiger partial charge in [-0.1, -0.05) is 50.6 Å². The SMILES string of the molecule is CCCC(C)(CNC)CN(C)CCc1ccccc1. The minimum absolute atomic E-state index is 0.384. The largest absolute Gasteiger partial charge is 0.319 e. The lowest BCUT2D eigenvalue weighted by Gasteiger charge is -2.33. The van der Waals surface area contributed by atoms with Gasteiger partial charge in [0.25, 0.3) is 0 Å². The first-order valence-electron chi connectivity index (χ1n) is 7.47. The van der Waals surface area contributed by atoms with Crippen LogP contribution in [0.3, 0.4) is 0 Å². The summed E-state index contributed by atoms with van der Waals surface area (Å²) in [6.07, 6.45) is 3.67. The topological polar surface area (TPSA) is 15.3 Å². The van der Waals surface area contributed by atoms with E-state index in [9.17, 15) is 0 Å². The third-order valence-corrected chi connectivity index (χ3v) is 3.73. The molecule has 0 radical (unpaired) electrons. The average molecular weight is 262 g/mol. The molecule has 0 aromatic heterocycles. The molecule has 1 aromatic carbocycles. The predicted molar refractivity (Wildman–Crippen MR) is 84.6 cm³/mol. The zero-order valence-electron chi connectivity index (χ0n) is 13.1. The highest BCUT2D eigenvalue weighted by Gasteiger charge is 2.24. The first-order chi connectivity index (χ1) is 9.09. The van der Waals surface area contributed by atoms with Gasteiger partial charge < -0.3 is 10.2 Å². The number of rotatable bonds is 9. The summed E-state index contributed by atoms with van der Waals surface area (Å²) in [5, 5.41) is 3.35. The number of nitrogens with one attached hydrogen (secondary N) is 1. The second-order valence-electron chi connectivity index (χ2n) is 6.06. The van der Waals surface area contributed by atoms with Gasteiger partial charge >= 0.3 is 0 Å². The number of likely N-dealkylation sites (N-methyl/N-ethyl adjacent to an activating group) is 1. The Morgan fingerprint density at radius 2 is 1.89 bits per heavy atom. The van der Waals surface area contributed by atoms with E-state index < -0.39 is 0 Å². The summed E-state index contributed by atoms with van der Waals surface area (Å²) in [7, 11) is 4.30. The second kappa shape index (κ2) is 8.34. The van der Waals surface area contributed by atoms with Crippen LogP contribution in [0.15, 0.2) is 30.3 Å². The molecule has 2 heteroatoms. The van der Waals surface area contributed by atoms with E-state index in [1.54, 1.807) is 0 Å². The van der Waals surface area contributed by atoms with Crippen LogP contribution in [0.4, 0.5) is 0 Å². The van der Waals surface area contributed by atoms with E-state index >= 15 is 0 Å². The molecule has 0 saturated heterocycles. The van der Waals surface area contributed by atoms with Gasteiger partial charge in [-0.25, -0.2) is 0 Å². The standard InChI is InChI=1S/C17H30N2/c1-5-12-17(2,14-18-3)15-19(4)13-11-16-9-7-6-8-10-16/h6-10,18H,5,11-15H2,1-4H3. The number of nitrogens with zero attached hydrogens (tertiary/aromatic N) is 1. The van der Waals surface area contributed by atoms with Crippen molar-refractivity contribution in [3.63, 3.8) is 0 Å². The molecule has 0 bridgehead atoms. The Bertz CT molecular complexity index is 328. The van der Waals surface area contributed by atoms with Crippen molar-refractivity contribution in [3.8, 4) is 0 Å². The lowest BCUT2D eigenvalue weighted by Crippen LogP contribution is -2.40. The van der Waals surface area contributed by atoms with Crippen LogP contribution in [0, 0.1) is 5.41 Å². The molecule has 0 aliphatic heterocycles. The first-order valence-corrected chi connectivity index (χ1v) is 7.47. The van der Waals surface area contributed by atoms with Crippen molar-refractivity contribution in [3.05, 3.63) is 35.9 Å². The van der Waals surface area contributed by atoms with Crippen LogP contribution < -0.4 is 5.32 Å². The zero-order valence-corrected chi connectivity index (χ0v) is 13.1. The van der Waals surface area contributed by atoms with Gasteiger partial charge in [-0.2, -0.15) is 0 Å². The molecule has 0 heterocycles. The Hall–Kier alpha value is -0.860. The van der Waals surface area contributed by atoms with E-state index in [4.69, 9.17) is 0 Å². The van der Waals surface area contributed by atoms with Crippen molar-refractivity contribution in [1.82, 2.24) is 10.2 Å². The molecule has 2 nitrogen and oxygen atoms in total. The minimum Gasteiger partial charge on any atom is -0.319 e. The number of benzene rings is 1. The van der Waals surface area contributed by atoms with Crippen LogP contribution >= 0.6 is 0 Å². The van der Waals surface area contributed by atoms with Crippen LogP contribution in [0.5, 0.6) is 0 Å². The molecule has 0 saturated carbocycles. The van der Waals surface area contributed by atoms with Gasteiger partial charge in [0.05, 0.1) is 0 Å². The van der Waals surface area contributed by atoms with E-state index in [1.807, 2.05) is 0 Å². The molecular weight excluding hydrogens is 232 g/mol. The summed E-state index contributed by atoms with van der Waals surface area (Å²) in [4.78, 5) is 2.47. The highest BCUT2D eigenvalue weighted by atomic mass is 15.1. The van der Waals surface area contributed by atoms with Crippen LogP contribution in [-0.4, -0.2) is 38.6 Å². The van der Waals surface area contributed by atoms with Crippen molar-refractivity contribution in [1.29, 1.82) is 0 Å². The molecule has 19 heavy (non-hydrogen) atoms. The summed E-state index contributed by atoms with van der Waals surface area (Å²) in [6, 6.07) is 10.8. The fourth-order valence-corrected chi connectivity index (χ4v) is 2.95. The molecule has 0 fully saturated rings. The average Bonchev–Trinajstić information content (AvgIpc) is 2.38. The fraction of sp³-hybridized carbons (Fsp3) is 0.647. The van der Waals surface area contributed by atoms with Crippen molar-refractivity contribution in [2.24, 2.45) is 5.41 Å². The second-order valence-corrected chi connectivity index (χ2v) is 6.06. The summed E-state index contributed by atoms with van der Waals surface area (Å²) in [5.74, 6) is 0. The predicted octanol–water partition coefficient (Wildman–Crippen LogP) is 3.19. The Labute approximate surface area is 119 Å². The van der Waals surface area contributed by atoms with E-state index in [-0.39, 0.29) is 0 Å². The molecule has 0 spiro atoms. The van der Waals surface area contributed by atoms with Gasteiger partial charge in [-0.05, 0) is 37.9 Å². The third-order valence-electron chi connectivity index (χ3n) is 3.73. The molecule has 1 unspecified atom stereocenters. The molecule has 1 rings (SSSR count). The van der Waals surface area contributed by atoms with Gasteiger partial charge in [-0.15, -0.1) is 0 Å². The first kappa shape index (κ1) is 16.2. The maximum atomic E-state index is 3.35. The number of hydrogen-bond acceptors (Lipinski definition) is 2. The Morgan fingerprint density at radius 1 is 1.21 bits per heavy atom. The van der Waals surface area contributed by atoms with Crippen molar-refractivity contribution >= 4 is 0 Å². The van der Waals surface area contributed by atoms with Crippen LogP contribution in [0.2, 0.25) is 0 Å². The van der Waals surface area contributed by atoms with Crippen molar-refractivity contribution < 1.29 is 0 Å². The quantitative estimate of drug-likeness (QED) is 0.735. The van der Waals surface area contributed by atoms with Crippen LogP contribution in [0.25, 0.3) is 0 Å². The van der Waals surface area contributed by atoms with Gasteiger partial charge in [0, 0.05) is 19.6 Å². The van der Waals surface area contributed by atoms with Crippen LogP contribution in [-0.2, 0) is 6.42 Å². The molecule has 1 N–H and O–H groups in total. The smallest absolute Gasteiger partial charge is 0.00446 e. The van der Waals surface area contributed by atoms with Crippen molar-refractivity contribution in [2.45, 2.75) is 33.1 Å². The van der Waals surface area contributed by atoms with E-state index in [2.05, 4.69) is 68.5 Å².